The van der Waals surface area contributed by atoms with Gasteiger partial charge in [0.25, 0.3) is 0 Å². The molecule has 0 saturated carbocycles. The maximum absolute atomic E-state index is 10.8. The van der Waals surface area contributed by atoms with E-state index in [1.807, 2.05) is 0 Å². The van der Waals surface area contributed by atoms with E-state index in [1.54, 1.807) is 6.07 Å². The lowest BCUT2D eigenvalue weighted by atomic mass is 10.5. The van der Waals surface area contributed by atoms with Crippen LogP contribution in [0.2, 0.25) is 0 Å². The minimum atomic E-state index is -3.17. The van der Waals surface area contributed by atoms with Crippen molar-refractivity contribution in [3.05, 3.63) is 6.07 Å². The molecule has 0 amide bonds. The summed E-state index contributed by atoms with van der Waals surface area (Å²) in [6.45, 7) is 0.637. The average Bonchev–Trinajstić information content (AvgIpc) is 2.22. The average molecular weight is 261 g/mol. The van der Waals surface area contributed by atoms with E-state index in [0.717, 1.165) is 6.26 Å². The van der Waals surface area contributed by atoms with Crippen LogP contribution in [0.3, 0.4) is 0 Å². The van der Waals surface area contributed by atoms with Gasteiger partial charge in [0.15, 0.2) is 0 Å². The number of nitrogens with one attached hydrogen (secondary N) is 2. The van der Waals surface area contributed by atoms with Crippen LogP contribution in [0.5, 0.6) is 5.88 Å². The second-order valence-corrected chi connectivity index (χ2v) is 5.08. The Morgan fingerprint density at radius 1 is 1.41 bits per heavy atom. The van der Waals surface area contributed by atoms with Crippen molar-refractivity contribution in [2.75, 3.05) is 37.5 Å². The molecule has 0 fully saturated rings. The maximum Gasteiger partial charge on any atom is 0.225 e. The van der Waals surface area contributed by atoms with Crippen LogP contribution in [-0.4, -0.2) is 44.8 Å². The third-order valence-corrected chi connectivity index (χ3v) is 2.45. The number of aromatic nitrogens is 2. The summed E-state index contributed by atoms with van der Waals surface area (Å²) < 4.78 is 28.8. The predicted molar refractivity (Wildman–Crippen MR) is 64.3 cm³/mol. The summed E-state index contributed by atoms with van der Waals surface area (Å²) in [7, 11) is -1.70. The Kier molecular flexibility index (Phi) is 4.46. The SMILES string of the molecule is COc1cc(NCCNS(C)(=O)=O)nc(N)n1. The van der Waals surface area contributed by atoms with E-state index in [4.69, 9.17) is 10.5 Å². The van der Waals surface area contributed by atoms with Gasteiger partial charge >= 0.3 is 0 Å². The van der Waals surface area contributed by atoms with E-state index in [2.05, 4.69) is 20.0 Å². The monoisotopic (exact) mass is 261 g/mol. The molecule has 17 heavy (non-hydrogen) atoms. The van der Waals surface area contributed by atoms with Gasteiger partial charge in [-0.2, -0.15) is 9.97 Å². The van der Waals surface area contributed by atoms with Crippen LogP contribution >= 0.6 is 0 Å². The summed E-state index contributed by atoms with van der Waals surface area (Å²) in [5.74, 6) is 0.906. The molecule has 8 nitrogen and oxygen atoms in total. The molecule has 0 aliphatic rings. The topological polar surface area (TPSA) is 119 Å². The van der Waals surface area contributed by atoms with Crippen molar-refractivity contribution >= 4 is 21.8 Å². The van der Waals surface area contributed by atoms with Crippen LogP contribution in [0.1, 0.15) is 0 Å². The van der Waals surface area contributed by atoms with Gasteiger partial charge in [0.05, 0.1) is 13.4 Å². The molecular weight excluding hydrogens is 246 g/mol. The predicted octanol–water partition coefficient (Wildman–Crippen LogP) is -0.971. The molecule has 0 aromatic carbocycles. The Hall–Kier alpha value is -1.61. The number of rotatable bonds is 6. The minimum Gasteiger partial charge on any atom is -0.481 e. The first kappa shape index (κ1) is 13.5. The molecule has 9 heteroatoms. The lowest BCUT2D eigenvalue weighted by molar-refractivity contribution is 0.398. The minimum absolute atomic E-state index is 0.0860. The molecule has 1 aromatic heterocycles. The zero-order valence-electron chi connectivity index (χ0n) is 9.60. The van der Waals surface area contributed by atoms with Crippen LogP contribution in [0.25, 0.3) is 0 Å². The molecule has 1 rings (SSSR count). The van der Waals surface area contributed by atoms with E-state index in [1.165, 1.54) is 7.11 Å². The van der Waals surface area contributed by atoms with Gasteiger partial charge in [-0.1, -0.05) is 0 Å². The number of anilines is 2. The van der Waals surface area contributed by atoms with Crippen LogP contribution in [0, 0.1) is 0 Å². The molecule has 0 aliphatic heterocycles. The summed E-state index contributed by atoms with van der Waals surface area (Å²) in [5, 5.41) is 2.89. The number of sulfonamides is 1. The first-order valence-corrected chi connectivity index (χ1v) is 6.67. The van der Waals surface area contributed by atoms with Crippen molar-refractivity contribution in [1.82, 2.24) is 14.7 Å². The fraction of sp³-hybridized carbons (Fsp3) is 0.500. The molecule has 4 N–H and O–H groups in total. The van der Waals surface area contributed by atoms with Crippen LogP contribution in [0.15, 0.2) is 6.07 Å². The largest absolute Gasteiger partial charge is 0.481 e. The molecule has 1 heterocycles. The number of nitrogens with two attached hydrogens (primary N) is 1. The highest BCUT2D eigenvalue weighted by Crippen LogP contribution is 2.13. The number of hydrogen-bond donors (Lipinski definition) is 3. The Morgan fingerprint density at radius 3 is 2.71 bits per heavy atom. The highest BCUT2D eigenvalue weighted by molar-refractivity contribution is 7.88. The lowest BCUT2D eigenvalue weighted by Crippen LogP contribution is -2.27. The van der Waals surface area contributed by atoms with E-state index >= 15 is 0 Å². The van der Waals surface area contributed by atoms with E-state index in [0.29, 0.717) is 18.2 Å². The molecule has 1 aromatic rings. The van der Waals surface area contributed by atoms with E-state index in [9.17, 15) is 8.42 Å². The number of hydrogen-bond acceptors (Lipinski definition) is 7. The van der Waals surface area contributed by atoms with Crippen LogP contribution < -0.4 is 20.5 Å². The normalized spacial score (nSPS) is 11.2. The summed E-state index contributed by atoms with van der Waals surface area (Å²) in [5.41, 5.74) is 5.45. The lowest BCUT2D eigenvalue weighted by Gasteiger charge is -2.07. The van der Waals surface area contributed by atoms with Crippen LogP contribution in [0.4, 0.5) is 11.8 Å². The summed E-state index contributed by atoms with van der Waals surface area (Å²) >= 11 is 0. The number of methoxy groups -OCH3 is 1. The van der Waals surface area contributed by atoms with Gasteiger partial charge in [-0.3, -0.25) is 0 Å². The number of nitrogens with zero attached hydrogens (tertiary/aromatic N) is 2. The van der Waals surface area contributed by atoms with Gasteiger partial charge in [0.2, 0.25) is 21.9 Å². The van der Waals surface area contributed by atoms with Crippen molar-refractivity contribution in [3.8, 4) is 5.88 Å². The third kappa shape index (κ3) is 5.31. The van der Waals surface area contributed by atoms with Crippen molar-refractivity contribution < 1.29 is 13.2 Å². The zero-order chi connectivity index (χ0) is 12.9. The molecule has 0 bridgehead atoms. The zero-order valence-corrected chi connectivity index (χ0v) is 10.4. The number of nitrogen functional groups attached to an aromatic ring is 1. The summed E-state index contributed by atoms with van der Waals surface area (Å²) in [6, 6.07) is 1.57. The fourth-order valence-corrected chi connectivity index (χ4v) is 1.54. The molecule has 0 aliphatic carbocycles. The molecule has 0 atom stereocenters. The maximum atomic E-state index is 10.8. The molecule has 0 radical (unpaired) electrons. The Labute approximate surface area is 99.6 Å². The highest BCUT2D eigenvalue weighted by atomic mass is 32.2. The second kappa shape index (κ2) is 5.64. The standard InChI is InChI=1S/C8H15N5O3S/c1-16-7-5-6(12-8(9)13-7)10-3-4-11-17(2,14)15/h5,11H,3-4H2,1-2H3,(H3,9,10,12,13). The Bertz CT molecular complexity index is 476. The van der Waals surface area contributed by atoms with Gasteiger partial charge in [0, 0.05) is 19.2 Å². The second-order valence-electron chi connectivity index (χ2n) is 3.25. The van der Waals surface area contributed by atoms with E-state index < -0.39 is 10.0 Å². The molecule has 96 valence electrons. The van der Waals surface area contributed by atoms with Crippen LogP contribution in [-0.2, 0) is 10.0 Å². The van der Waals surface area contributed by atoms with Gasteiger partial charge < -0.3 is 15.8 Å². The summed E-state index contributed by atoms with van der Waals surface area (Å²) in [4.78, 5) is 7.73. The molecular formula is C8H15N5O3S. The van der Waals surface area contributed by atoms with Crippen molar-refractivity contribution in [2.24, 2.45) is 0 Å². The van der Waals surface area contributed by atoms with E-state index in [-0.39, 0.29) is 12.5 Å². The van der Waals surface area contributed by atoms with Gasteiger partial charge in [-0.25, -0.2) is 13.1 Å². The number of ether oxygens (including phenoxy) is 1. The molecule has 0 spiro atoms. The third-order valence-electron chi connectivity index (χ3n) is 1.72. The van der Waals surface area contributed by atoms with Crippen molar-refractivity contribution in [1.29, 1.82) is 0 Å². The Morgan fingerprint density at radius 2 is 2.12 bits per heavy atom. The van der Waals surface area contributed by atoms with Gasteiger partial charge in [0.1, 0.15) is 5.82 Å². The van der Waals surface area contributed by atoms with Crippen molar-refractivity contribution in [2.45, 2.75) is 0 Å². The van der Waals surface area contributed by atoms with Gasteiger partial charge in [-0.05, 0) is 0 Å². The van der Waals surface area contributed by atoms with Gasteiger partial charge in [-0.15, -0.1) is 0 Å². The molecule has 0 saturated heterocycles. The summed E-state index contributed by atoms with van der Waals surface area (Å²) in [6.07, 6.45) is 1.10. The molecule has 0 unspecified atom stereocenters. The first-order valence-electron chi connectivity index (χ1n) is 4.78. The fourth-order valence-electron chi connectivity index (χ4n) is 1.06. The first-order chi connectivity index (χ1) is 7.90. The Balaban J connectivity index is 2.49. The van der Waals surface area contributed by atoms with Crippen molar-refractivity contribution in [3.63, 3.8) is 0 Å². The quantitative estimate of drug-likeness (QED) is 0.563. The highest BCUT2D eigenvalue weighted by Gasteiger charge is 2.03. The smallest absolute Gasteiger partial charge is 0.225 e.